The van der Waals surface area contributed by atoms with E-state index in [1.807, 2.05) is 58.9 Å². The van der Waals surface area contributed by atoms with E-state index < -0.39 is 42.3 Å². The van der Waals surface area contributed by atoms with Crippen LogP contribution in [0.3, 0.4) is 0 Å². The molecular weight excluding hydrogens is 344 g/mol. The summed E-state index contributed by atoms with van der Waals surface area (Å²) in [5, 5.41) is 11.8. The van der Waals surface area contributed by atoms with E-state index in [2.05, 4.69) is 9.98 Å². The van der Waals surface area contributed by atoms with Gasteiger partial charge in [0.1, 0.15) is 6.04 Å². The Hall–Kier alpha value is -0.939. The molecule has 2 atom stereocenters. The average Bonchev–Trinajstić information content (AvgIpc) is 2.51. The average molecular weight is 374 g/mol. The Morgan fingerprint density at radius 2 is 1.48 bits per heavy atom. The number of carbonyl (C=O) groups is 1. The minimum atomic E-state index is -2.08. The molecule has 0 saturated carbocycles. The van der Waals surface area contributed by atoms with Crippen LogP contribution in [0.4, 0.5) is 0 Å². The van der Waals surface area contributed by atoms with Gasteiger partial charge in [0.05, 0.1) is 8.07 Å². The summed E-state index contributed by atoms with van der Waals surface area (Å²) in [6.45, 7) is 18.2. The van der Waals surface area contributed by atoms with Crippen molar-refractivity contribution >= 4 is 42.6 Å². The van der Waals surface area contributed by atoms with Gasteiger partial charge in [-0.1, -0.05) is 19.6 Å². The molecule has 0 amide bonds. The predicted molar refractivity (Wildman–Crippen MR) is 99.6 cm³/mol. The Bertz CT molecular complexity index is 528. The van der Waals surface area contributed by atoms with E-state index in [-0.39, 0.29) is 6.02 Å². The topological polar surface area (TPSA) is 83.3 Å². The monoisotopic (exact) mass is 373 g/mol. The highest BCUT2D eigenvalue weighted by atomic mass is 28.4. The van der Waals surface area contributed by atoms with Crippen LogP contribution in [0.5, 0.6) is 0 Å². The van der Waals surface area contributed by atoms with Gasteiger partial charge in [0.25, 0.3) is 0 Å². The Balaban J connectivity index is 3.23. The Morgan fingerprint density at radius 1 is 1.00 bits per heavy atom. The quantitative estimate of drug-likeness (QED) is 0.692. The first-order valence-electron chi connectivity index (χ1n) is 7.85. The number of hydrogen-bond acceptors (Lipinski definition) is 6. The SMILES string of the molecule is C[Si](C)(C)OC1=NC(C(C(=O)[O-])[Si](C)(C)C)C(O[Si](C)(C)C)=N1. The maximum Gasteiger partial charge on any atom is 0.301 e. The van der Waals surface area contributed by atoms with Gasteiger partial charge in [-0.15, -0.1) is 0 Å². The van der Waals surface area contributed by atoms with E-state index in [4.69, 9.17) is 8.85 Å². The second-order valence-corrected chi connectivity index (χ2v) is 23.1. The molecule has 1 heterocycles. The first-order valence-corrected chi connectivity index (χ1v) is 18.2. The van der Waals surface area contributed by atoms with Crippen LogP contribution in [0.25, 0.3) is 0 Å². The third-order valence-electron chi connectivity index (χ3n) is 3.02. The van der Waals surface area contributed by atoms with E-state index in [0.29, 0.717) is 5.90 Å². The molecule has 0 aromatic carbocycles. The van der Waals surface area contributed by atoms with Crippen molar-refractivity contribution < 1.29 is 18.8 Å². The molecule has 6 nitrogen and oxygen atoms in total. The Labute approximate surface area is 142 Å². The summed E-state index contributed by atoms with van der Waals surface area (Å²) in [6, 6.07) is -0.378. The fourth-order valence-corrected chi connectivity index (χ4v) is 5.57. The van der Waals surface area contributed by atoms with Gasteiger partial charge in [0.2, 0.25) is 22.5 Å². The normalized spacial score (nSPS) is 20.7. The van der Waals surface area contributed by atoms with Gasteiger partial charge in [0, 0.05) is 11.5 Å². The maximum atomic E-state index is 11.8. The molecule has 2 unspecified atom stereocenters. The largest absolute Gasteiger partial charge is 0.550 e. The molecule has 9 heteroatoms. The summed E-state index contributed by atoms with van der Waals surface area (Å²) in [7, 11) is -5.90. The van der Waals surface area contributed by atoms with Crippen molar-refractivity contribution in [2.75, 3.05) is 0 Å². The number of aliphatic carboxylic acids is 1. The van der Waals surface area contributed by atoms with Crippen molar-refractivity contribution in [2.45, 2.75) is 70.5 Å². The van der Waals surface area contributed by atoms with Crippen LogP contribution in [0.1, 0.15) is 0 Å². The molecule has 0 N–H and O–H groups in total. The van der Waals surface area contributed by atoms with Crippen LogP contribution >= 0.6 is 0 Å². The van der Waals surface area contributed by atoms with E-state index in [0.717, 1.165) is 0 Å². The van der Waals surface area contributed by atoms with Gasteiger partial charge < -0.3 is 18.8 Å². The number of carboxylic acid groups (broad SMARTS) is 1. The highest BCUT2D eigenvalue weighted by molar-refractivity contribution is 6.81. The molecule has 0 aromatic rings. The molecular formula is C14H29N2O4Si3-. The Morgan fingerprint density at radius 3 is 1.83 bits per heavy atom. The summed E-state index contributed by atoms with van der Waals surface area (Å²) in [5.74, 6) is -0.701. The second-order valence-electron chi connectivity index (χ2n) is 8.90. The van der Waals surface area contributed by atoms with Gasteiger partial charge >= 0.3 is 6.02 Å². The van der Waals surface area contributed by atoms with Crippen LogP contribution < -0.4 is 5.11 Å². The van der Waals surface area contributed by atoms with Gasteiger partial charge in [-0.2, -0.15) is 4.99 Å². The van der Waals surface area contributed by atoms with Gasteiger partial charge in [-0.3, -0.25) is 0 Å². The lowest BCUT2D eigenvalue weighted by Crippen LogP contribution is -2.50. The van der Waals surface area contributed by atoms with Crippen LogP contribution in [0, 0.1) is 0 Å². The first-order chi connectivity index (χ1) is 10.1. The number of hydrogen-bond donors (Lipinski definition) is 0. The van der Waals surface area contributed by atoms with Crippen LogP contribution in [0.15, 0.2) is 9.98 Å². The molecule has 23 heavy (non-hydrogen) atoms. The molecule has 1 aliphatic heterocycles. The van der Waals surface area contributed by atoms with Crippen molar-refractivity contribution in [1.29, 1.82) is 0 Å². The fourth-order valence-electron chi connectivity index (χ4n) is 2.26. The third-order valence-corrected chi connectivity index (χ3v) is 7.05. The van der Waals surface area contributed by atoms with Crippen LogP contribution in [-0.2, 0) is 13.6 Å². The zero-order valence-electron chi connectivity index (χ0n) is 15.7. The van der Waals surface area contributed by atoms with Crippen molar-refractivity contribution in [3.63, 3.8) is 0 Å². The van der Waals surface area contributed by atoms with E-state index >= 15 is 0 Å². The fraction of sp³-hybridized carbons (Fsp3) is 0.786. The molecule has 0 bridgehead atoms. The van der Waals surface area contributed by atoms with Crippen LogP contribution in [-0.4, -0.2) is 48.6 Å². The molecule has 1 rings (SSSR count). The van der Waals surface area contributed by atoms with Crippen molar-refractivity contribution in [3.05, 3.63) is 0 Å². The number of amidine groups is 1. The summed E-state index contributed by atoms with van der Waals surface area (Å²) < 4.78 is 11.9. The van der Waals surface area contributed by atoms with Crippen molar-refractivity contribution in [3.8, 4) is 0 Å². The molecule has 132 valence electrons. The minimum absolute atomic E-state index is 0.256. The zero-order valence-corrected chi connectivity index (χ0v) is 18.7. The summed E-state index contributed by atoms with van der Waals surface area (Å²) in [6.07, 6.45) is 0. The molecule has 0 spiro atoms. The molecule has 0 aromatic heterocycles. The molecule has 0 fully saturated rings. The Kier molecular flexibility index (Phi) is 5.70. The zero-order chi connectivity index (χ0) is 18.2. The lowest BCUT2D eigenvalue weighted by molar-refractivity contribution is -0.305. The molecule has 0 saturated heterocycles. The predicted octanol–water partition coefficient (Wildman–Crippen LogP) is 2.28. The first kappa shape index (κ1) is 20.1. The number of carboxylic acids is 1. The van der Waals surface area contributed by atoms with Crippen LogP contribution in [0.2, 0.25) is 64.5 Å². The smallest absolute Gasteiger partial charge is 0.301 e. The molecule has 0 radical (unpaired) electrons. The number of aliphatic imine (C=N–C) groups is 2. The number of nitrogens with zero attached hydrogens (tertiary/aromatic N) is 2. The third kappa shape index (κ3) is 6.22. The molecule has 1 aliphatic rings. The summed E-state index contributed by atoms with van der Waals surface area (Å²) in [4.78, 5) is 20.6. The second kappa shape index (κ2) is 6.52. The minimum Gasteiger partial charge on any atom is -0.550 e. The van der Waals surface area contributed by atoms with Crippen molar-refractivity contribution in [1.82, 2.24) is 0 Å². The highest BCUT2D eigenvalue weighted by Crippen LogP contribution is 2.32. The standard InChI is InChI=1S/C14H30N2O4Si3/c1-21(2,3)11(13(17)18)10-12(19-22(4,5)6)16-14(15-10)20-23(7,8)9/h10-11H,1-9H3,(H,17,18)/p-1. The van der Waals surface area contributed by atoms with Crippen molar-refractivity contribution in [2.24, 2.45) is 9.98 Å². The maximum absolute atomic E-state index is 11.8. The number of carbonyl (C=O) groups excluding carboxylic acids is 1. The van der Waals surface area contributed by atoms with E-state index in [9.17, 15) is 9.90 Å². The lowest BCUT2D eigenvalue weighted by atomic mass is 10.2. The highest BCUT2D eigenvalue weighted by Gasteiger charge is 2.43. The van der Waals surface area contributed by atoms with Gasteiger partial charge in [-0.05, 0) is 39.3 Å². The van der Waals surface area contributed by atoms with E-state index in [1.54, 1.807) is 0 Å². The summed E-state index contributed by atoms with van der Waals surface area (Å²) >= 11 is 0. The lowest BCUT2D eigenvalue weighted by Gasteiger charge is -2.34. The number of rotatable bonds is 5. The molecule has 0 aliphatic carbocycles. The van der Waals surface area contributed by atoms with Gasteiger partial charge in [-0.25, -0.2) is 4.99 Å². The summed E-state index contributed by atoms with van der Waals surface area (Å²) in [5.41, 5.74) is -0.694. The van der Waals surface area contributed by atoms with E-state index in [1.165, 1.54) is 0 Å². The van der Waals surface area contributed by atoms with Gasteiger partial charge in [0.15, 0.2) is 0 Å².